The topological polar surface area (TPSA) is 119 Å². The molecule has 1 aromatic heterocycles. The summed E-state index contributed by atoms with van der Waals surface area (Å²) in [5, 5.41) is 5.90. The molecule has 158 valence electrons. The quantitative estimate of drug-likeness (QED) is 0.634. The Morgan fingerprint density at radius 1 is 1.31 bits per heavy atom. The maximum atomic E-state index is 12.7. The van der Waals surface area contributed by atoms with Crippen LogP contribution < -0.4 is 10.0 Å². The van der Waals surface area contributed by atoms with E-state index in [0.29, 0.717) is 0 Å². The lowest BCUT2D eigenvalue weighted by atomic mass is 10.2. The van der Waals surface area contributed by atoms with Gasteiger partial charge in [-0.1, -0.05) is 6.07 Å². The van der Waals surface area contributed by atoms with Gasteiger partial charge in [-0.2, -0.15) is 23.0 Å². The number of hydrogen-bond acceptors (Lipinski definition) is 6. The summed E-state index contributed by atoms with van der Waals surface area (Å²) in [5.41, 5.74) is -1.09. The fourth-order valence-electron chi connectivity index (χ4n) is 2.08. The molecule has 0 radical (unpaired) electrons. The van der Waals surface area contributed by atoms with Crippen molar-refractivity contribution in [2.75, 3.05) is 11.9 Å². The van der Waals surface area contributed by atoms with Gasteiger partial charge in [-0.25, -0.2) is 8.42 Å². The number of benzene rings is 1. The average Bonchev–Trinajstić information content (AvgIpc) is 3.07. The van der Waals surface area contributed by atoms with Gasteiger partial charge >= 0.3 is 12.1 Å². The van der Waals surface area contributed by atoms with Crippen molar-refractivity contribution in [3.05, 3.63) is 42.2 Å². The number of carbonyl (C=O) groups excluding carboxylic acids is 2. The molecule has 2 rings (SSSR count). The third-order valence-corrected chi connectivity index (χ3v) is 4.89. The molecule has 2 aromatic rings. The Morgan fingerprint density at radius 2 is 2.00 bits per heavy atom. The molecule has 1 aromatic carbocycles. The number of alkyl halides is 3. The van der Waals surface area contributed by atoms with Crippen LogP contribution >= 0.6 is 0 Å². The summed E-state index contributed by atoms with van der Waals surface area (Å²) < 4.78 is 70.1. The van der Waals surface area contributed by atoms with Crippen LogP contribution in [0.1, 0.15) is 12.5 Å². The lowest BCUT2D eigenvalue weighted by molar-refractivity contribution is -0.151. The highest BCUT2D eigenvalue weighted by Gasteiger charge is 2.30. The van der Waals surface area contributed by atoms with Crippen molar-refractivity contribution in [2.45, 2.75) is 24.1 Å². The first-order chi connectivity index (χ1) is 13.4. The largest absolute Gasteiger partial charge is 0.452 e. The minimum absolute atomic E-state index is 0.134. The van der Waals surface area contributed by atoms with Crippen LogP contribution in [-0.2, 0) is 37.6 Å². The summed E-state index contributed by atoms with van der Waals surface area (Å²) in [6, 6.07) is 3.92. The number of rotatable bonds is 7. The molecule has 0 saturated carbocycles. The molecular weight excluding hydrogens is 417 g/mol. The van der Waals surface area contributed by atoms with Crippen LogP contribution in [0.25, 0.3) is 0 Å². The molecule has 0 saturated heterocycles. The Hall–Kier alpha value is -2.93. The minimum Gasteiger partial charge on any atom is -0.452 e. The number of amides is 1. The smallest absolute Gasteiger partial charge is 0.416 e. The van der Waals surface area contributed by atoms with Gasteiger partial charge in [-0.3, -0.25) is 14.3 Å². The van der Waals surface area contributed by atoms with Gasteiger partial charge in [-0.15, -0.1) is 0 Å². The van der Waals surface area contributed by atoms with Gasteiger partial charge in [0, 0.05) is 18.9 Å². The van der Waals surface area contributed by atoms with E-state index in [9.17, 15) is 31.2 Å². The molecule has 13 heteroatoms. The number of anilines is 1. The third kappa shape index (κ3) is 6.29. The van der Waals surface area contributed by atoms with Crippen molar-refractivity contribution >= 4 is 27.6 Å². The predicted molar refractivity (Wildman–Crippen MR) is 94.0 cm³/mol. The third-order valence-electron chi connectivity index (χ3n) is 3.53. The molecule has 0 aliphatic carbocycles. The zero-order valence-corrected chi connectivity index (χ0v) is 16.0. The van der Waals surface area contributed by atoms with Crippen molar-refractivity contribution in [3.63, 3.8) is 0 Å². The molecule has 1 amide bonds. The van der Waals surface area contributed by atoms with E-state index < -0.39 is 46.3 Å². The van der Waals surface area contributed by atoms with E-state index in [4.69, 9.17) is 4.74 Å². The molecule has 0 bridgehead atoms. The number of nitrogens with one attached hydrogen (secondary N) is 2. The number of nitrogens with zero attached hydrogens (tertiary/aromatic N) is 2. The normalized spacial score (nSPS) is 13.0. The summed E-state index contributed by atoms with van der Waals surface area (Å²) in [6.45, 7) is 0.439. The Bertz CT molecular complexity index is 1000. The van der Waals surface area contributed by atoms with E-state index in [1.165, 1.54) is 30.9 Å². The van der Waals surface area contributed by atoms with Crippen molar-refractivity contribution < 1.29 is 35.9 Å². The Balaban J connectivity index is 1.90. The summed E-state index contributed by atoms with van der Waals surface area (Å²) >= 11 is 0. The second-order valence-electron chi connectivity index (χ2n) is 5.87. The average molecular weight is 434 g/mol. The van der Waals surface area contributed by atoms with Gasteiger partial charge in [-0.05, 0) is 25.1 Å². The number of aryl methyl sites for hydroxylation is 1. The van der Waals surface area contributed by atoms with Gasteiger partial charge in [0.05, 0.1) is 11.8 Å². The highest BCUT2D eigenvalue weighted by molar-refractivity contribution is 7.89. The van der Waals surface area contributed by atoms with Crippen molar-refractivity contribution in [1.82, 2.24) is 14.5 Å². The van der Waals surface area contributed by atoms with Gasteiger partial charge in [0.15, 0.2) is 6.10 Å². The van der Waals surface area contributed by atoms with E-state index in [-0.39, 0.29) is 10.6 Å². The molecule has 9 nitrogen and oxygen atoms in total. The van der Waals surface area contributed by atoms with Crippen LogP contribution in [0.15, 0.2) is 41.6 Å². The number of carbonyl (C=O) groups is 2. The summed E-state index contributed by atoms with van der Waals surface area (Å²) in [5.74, 6) is -1.93. The number of ether oxygens (including phenoxy) is 1. The van der Waals surface area contributed by atoms with E-state index >= 15 is 0 Å². The number of halogens is 3. The molecule has 2 N–H and O–H groups in total. The van der Waals surface area contributed by atoms with E-state index in [0.717, 1.165) is 24.4 Å². The van der Waals surface area contributed by atoms with E-state index in [1.807, 2.05) is 4.72 Å². The molecule has 0 aliphatic rings. The molecule has 0 spiro atoms. The van der Waals surface area contributed by atoms with Crippen LogP contribution in [-0.4, -0.2) is 42.7 Å². The summed E-state index contributed by atoms with van der Waals surface area (Å²) in [7, 11) is -2.49. The Labute approximate surface area is 163 Å². The highest BCUT2D eigenvalue weighted by atomic mass is 32.2. The first kappa shape index (κ1) is 22.4. The molecule has 29 heavy (non-hydrogen) atoms. The molecular formula is C16H17F3N4O5S. The van der Waals surface area contributed by atoms with Gasteiger partial charge in [0.2, 0.25) is 10.0 Å². The second-order valence-corrected chi connectivity index (χ2v) is 7.64. The fraction of sp³-hybridized carbons (Fsp3) is 0.312. The zero-order chi connectivity index (χ0) is 21.8. The minimum atomic E-state index is -4.58. The first-order valence-corrected chi connectivity index (χ1v) is 9.53. The molecule has 1 heterocycles. The summed E-state index contributed by atoms with van der Waals surface area (Å²) in [6.07, 6.45) is -3.65. The highest BCUT2D eigenvalue weighted by Crippen LogP contribution is 2.30. The van der Waals surface area contributed by atoms with Crippen molar-refractivity contribution in [2.24, 2.45) is 7.05 Å². The van der Waals surface area contributed by atoms with Gasteiger partial charge in [0.1, 0.15) is 11.4 Å². The lowest BCUT2D eigenvalue weighted by Crippen LogP contribution is -2.35. The molecule has 1 unspecified atom stereocenters. The predicted octanol–water partition coefficient (Wildman–Crippen LogP) is 1.29. The second kappa shape index (κ2) is 8.61. The number of sulfonamides is 1. The number of esters is 1. The van der Waals surface area contributed by atoms with Gasteiger partial charge in [0.25, 0.3) is 5.91 Å². The monoisotopic (exact) mass is 434 g/mol. The number of hydrogen-bond donors (Lipinski definition) is 2. The molecule has 0 aliphatic heterocycles. The zero-order valence-electron chi connectivity index (χ0n) is 15.2. The van der Waals surface area contributed by atoms with E-state index in [1.54, 1.807) is 0 Å². The van der Waals surface area contributed by atoms with Gasteiger partial charge < -0.3 is 10.1 Å². The standard InChI is InChI=1S/C16H17F3N4O5S/c1-10(15(25)22-12-5-3-4-11(6-12)16(17,18)19)28-14(24)8-21-29(26,27)13-7-20-23(2)9-13/h3-7,9-10,21H,8H2,1-2H3,(H,22,25). The Morgan fingerprint density at radius 3 is 2.59 bits per heavy atom. The maximum absolute atomic E-state index is 12.7. The maximum Gasteiger partial charge on any atom is 0.416 e. The fourth-order valence-corrected chi connectivity index (χ4v) is 3.04. The van der Waals surface area contributed by atoms with E-state index in [2.05, 4.69) is 10.4 Å². The van der Waals surface area contributed by atoms with Crippen LogP contribution in [0, 0.1) is 0 Å². The molecule has 1 atom stereocenters. The van der Waals surface area contributed by atoms with Crippen LogP contribution in [0.5, 0.6) is 0 Å². The summed E-state index contributed by atoms with van der Waals surface area (Å²) in [4.78, 5) is 23.6. The Kier molecular flexibility index (Phi) is 6.64. The first-order valence-electron chi connectivity index (χ1n) is 8.04. The van der Waals surface area contributed by atoms with Crippen LogP contribution in [0.2, 0.25) is 0 Å². The number of aromatic nitrogens is 2. The van der Waals surface area contributed by atoms with Crippen molar-refractivity contribution in [3.8, 4) is 0 Å². The van der Waals surface area contributed by atoms with Crippen LogP contribution in [0.4, 0.5) is 18.9 Å². The molecule has 0 fully saturated rings. The van der Waals surface area contributed by atoms with Crippen molar-refractivity contribution in [1.29, 1.82) is 0 Å². The SMILES string of the molecule is CC(OC(=O)CNS(=O)(=O)c1cnn(C)c1)C(=O)Nc1cccc(C(F)(F)F)c1. The lowest BCUT2D eigenvalue weighted by Gasteiger charge is -2.15. The van der Waals surface area contributed by atoms with Crippen LogP contribution in [0.3, 0.4) is 0 Å².